The summed E-state index contributed by atoms with van der Waals surface area (Å²) in [4.78, 5) is 38.7. The number of nitrogen functional groups attached to an aromatic ring is 2. The number of anilines is 2. The van der Waals surface area contributed by atoms with Gasteiger partial charge < -0.3 is 25.4 Å². The Morgan fingerprint density at radius 2 is 1.81 bits per heavy atom. The molecule has 0 radical (unpaired) electrons. The maximum atomic E-state index is 12.7. The van der Waals surface area contributed by atoms with Crippen LogP contribution < -0.4 is 11.5 Å². The second-order valence-corrected chi connectivity index (χ2v) is 8.14. The van der Waals surface area contributed by atoms with Crippen LogP contribution in [0, 0.1) is 20.8 Å². The van der Waals surface area contributed by atoms with Crippen molar-refractivity contribution in [2.75, 3.05) is 18.1 Å². The first kappa shape index (κ1) is 21.5. The van der Waals surface area contributed by atoms with Crippen LogP contribution in [0.1, 0.15) is 49.8 Å². The van der Waals surface area contributed by atoms with Crippen molar-refractivity contribution in [3.63, 3.8) is 0 Å². The lowest BCUT2D eigenvalue weighted by Gasteiger charge is -2.05. The number of nitrogens with two attached hydrogens (primary N) is 2. The summed E-state index contributed by atoms with van der Waals surface area (Å²) in [7, 11) is 0. The van der Waals surface area contributed by atoms with E-state index in [9.17, 15) is 9.59 Å². The molecule has 166 valence electrons. The van der Waals surface area contributed by atoms with E-state index in [1.807, 2.05) is 19.9 Å². The molecule has 0 aromatic carbocycles. The normalized spacial score (nSPS) is 11.2. The van der Waals surface area contributed by atoms with Crippen molar-refractivity contribution in [1.29, 1.82) is 0 Å². The smallest absolute Gasteiger partial charge is 0.350 e. The van der Waals surface area contributed by atoms with Gasteiger partial charge in [-0.3, -0.25) is 0 Å². The SMILES string of the molecule is CCOC(=O)c1c(C)oc2nc(COC(=O)c3sc4nc(C)cc(C)c4c3N)nc(N)c12. The molecule has 4 aromatic heterocycles. The van der Waals surface area contributed by atoms with Crippen LogP contribution in [-0.4, -0.2) is 33.5 Å². The van der Waals surface area contributed by atoms with Crippen LogP contribution in [0.15, 0.2) is 10.5 Å². The summed E-state index contributed by atoms with van der Waals surface area (Å²) >= 11 is 1.17. The van der Waals surface area contributed by atoms with Gasteiger partial charge >= 0.3 is 11.9 Å². The third kappa shape index (κ3) is 3.60. The average Bonchev–Trinajstić information content (AvgIpc) is 3.23. The van der Waals surface area contributed by atoms with Gasteiger partial charge in [0.2, 0.25) is 5.71 Å². The van der Waals surface area contributed by atoms with E-state index >= 15 is 0 Å². The van der Waals surface area contributed by atoms with Gasteiger partial charge in [0.15, 0.2) is 12.4 Å². The van der Waals surface area contributed by atoms with E-state index in [-0.39, 0.29) is 46.4 Å². The Kier molecular flexibility index (Phi) is 5.43. The fourth-order valence-electron chi connectivity index (χ4n) is 3.51. The van der Waals surface area contributed by atoms with E-state index in [0.717, 1.165) is 16.6 Å². The van der Waals surface area contributed by atoms with Crippen LogP contribution >= 0.6 is 11.3 Å². The fraction of sp³-hybridized carbons (Fsp3) is 0.286. The molecule has 0 aliphatic heterocycles. The molecular weight excluding hydrogens is 434 g/mol. The molecule has 11 heteroatoms. The number of esters is 2. The van der Waals surface area contributed by atoms with E-state index < -0.39 is 11.9 Å². The van der Waals surface area contributed by atoms with Crippen molar-refractivity contribution >= 4 is 56.1 Å². The highest BCUT2D eigenvalue weighted by atomic mass is 32.1. The monoisotopic (exact) mass is 455 g/mol. The maximum absolute atomic E-state index is 12.7. The first-order valence-electron chi connectivity index (χ1n) is 9.77. The summed E-state index contributed by atoms with van der Waals surface area (Å²) in [5.41, 5.74) is 14.6. The van der Waals surface area contributed by atoms with E-state index in [1.54, 1.807) is 13.8 Å². The Morgan fingerprint density at radius 1 is 1.06 bits per heavy atom. The van der Waals surface area contributed by atoms with Gasteiger partial charge in [-0.2, -0.15) is 4.98 Å². The molecule has 0 aliphatic rings. The van der Waals surface area contributed by atoms with E-state index in [1.165, 1.54) is 11.3 Å². The molecule has 0 spiro atoms. The van der Waals surface area contributed by atoms with Gasteiger partial charge in [0.05, 0.1) is 17.7 Å². The highest BCUT2D eigenvalue weighted by molar-refractivity contribution is 7.21. The third-order valence-electron chi connectivity index (χ3n) is 4.82. The van der Waals surface area contributed by atoms with Crippen LogP contribution in [0.4, 0.5) is 11.5 Å². The molecule has 0 saturated heterocycles. The maximum Gasteiger partial charge on any atom is 0.350 e. The largest absolute Gasteiger partial charge is 0.462 e. The van der Waals surface area contributed by atoms with E-state index in [2.05, 4.69) is 15.0 Å². The Hall–Kier alpha value is -3.73. The quantitative estimate of drug-likeness (QED) is 0.427. The van der Waals surface area contributed by atoms with Gasteiger partial charge in [-0.15, -0.1) is 11.3 Å². The molecule has 0 aliphatic carbocycles. The van der Waals surface area contributed by atoms with Crippen molar-refractivity contribution in [1.82, 2.24) is 15.0 Å². The number of carbonyl (C=O) groups is 2. The number of aryl methyl sites for hydroxylation is 3. The molecule has 0 bridgehead atoms. The standard InChI is InChI=1S/C21H21N5O5S/c1-5-29-20(27)13-10(4)31-18-14(13)17(23)25-11(26-18)7-30-21(28)16-15(22)12-8(2)6-9(3)24-19(12)32-16/h6H,5,7,22H2,1-4H3,(H2,23,25,26). The lowest BCUT2D eigenvalue weighted by Crippen LogP contribution is -2.10. The Bertz CT molecular complexity index is 1390. The van der Waals surface area contributed by atoms with Crippen molar-refractivity contribution < 1.29 is 23.5 Å². The van der Waals surface area contributed by atoms with Crippen molar-refractivity contribution in [3.05, 3.63) is 39.3 Å². The van der Waals surface area contributed by atoms with Crippen molar-refractivity contribution in [2.45, 2.75) is 34.3 Å². The number of thiophene rings is 1. The number of hydrogen-bond donors (Lipinski definition) is 2. The molecule has 0 saturated carbocycles. The van der Waals surface area contributed by atoms with E-state index in [0.29, 0.717) is 16.3 Å². The molecule has 4 N–H and O–H groups in total. The number of ether oxygens (including phenoxy) is 2. The van der Waals surface area contributed by atoms with Crippen LogP contribution in [-0.2, 0) is 16.1 Å². The molecule has 0 atom stereocenters. The van der Waals surface area contributed by atoms with Crippen LogP contribution in [0.5, 0.6) is 0 Å². The molecule has 0 fully saturated rings. The summed E-state index contributed by atoms with van der Waals surface area (Å²) in [5, 5.41) is 1.01. The number of hydrogen-bond acceptors (Lipinski definition) is 11. The fourth-order valence-corrected chi connectivity index (χ4v) is 4.62. The minimum atomic E-state index is -0.618. The minimum absolute atomic E-state index is 0.0256. The molecule has 0 amide bonds. The van der Waals surface area contributed by atoms with E-state index in [4.69, 9.17) is 25.4 Å². The highest BCUT2D eigenvalue weighted by Gasteiger charge is 2.25. The number of fused-ring (bicyclic) bond motifs is 2. The first-order valence-corrected chi connectivity index (χ1v) is 10.6. The number of nitrogens with zero attached hydrogens (tertiary/aromatic N) is 3. The summed E-state index contributed by atoms with van der Waals surface area (Å²) in [6.07, 6.45) is 0. The topological polar surface area (TPSA) is 156 Å². The van der Waals surface area contributed by atoms with Crippen molar-refractivity contribution in [2.24, 2.45) is 0 Å². The number of rotatable bonds is 5. The van der Waals surface area contributed by atoms with Crippen molar-refractivity contribution in [3.8, 4) is 0 Å². The predicted octanol–water partition coefficient (Wildman–Crippen LogP) is 3.46. The zero-order valence-corrected chi connectivity index (χ0v) is 18.8. The predicted molar refractivity (Wildman–Crippen MR) is 120 cm³/mol. The second-order valence-electron chi connectivity index (χ2n) is 7.14. The Labute approximate surface area is 186 Å². The summed E-state index contributed by atoms with van der Waals surface area (Å²) in [6, 6.07) is 1.91. The Morgan fingerprint density at radius 3 is 2.53 bits per heavy atom. The van der Waals surface area contributed by atoms with Gasteiger partial charge in [0.25, 0.3) is 0 Å². The molecule has 4 rings (SSSR count). The number of furan rings is 1. The number of carbonyl (C=O) groups excluding carboxylic acids is 2. The van der Waals surface area contributed by atoms with Gasteiger partial charge in [0.1, 0.15) is 26.8 Å². The zero-order valence-electron chi connectivity index (χ0n) is 17.9. The lowest BCUT2D eigenvalue weighted by atomic mass is 10.1. The van der Waals surface area contributed by atoms with Crippen LogP contribution in [0.2, 0.25) is 0 Å². The number of pyridine rings is 1. The summed E-state index contributed by atoms with van der Waals surface area (Å²) in [5.74, 6) is -0.731. The molecular formula is C21H21N5O5S. The molecule has 10 nitrogen and oxygen atoms in total. The molecule has 4 heterocycles. The van der Waals surface area contributed by atoms with Crippen LogP contribution in [0.3, 0.4) is 0 Å². The molecule has 32 heavy (non-hydrogen) atoms. The van der Waals surface area contributed by atoms with Gasteiger partial charge in [-0.05, 0) is 39.3 Å². The minimum Gasteiger partial charge on any atom is -0.462 e. The molecule has 0 unspecified atom stereocenters. The zero-order chi connectivity index (χ0) is 23.2. The van der Waals surface area contributed by atoms with Gasteiger partial charge in [0, 0.05) is 11.1 Å². The Balaban J connectivity index is 1.60. The molecule has 4 aromatic rings. The number of aromatic nitrogens is 3. The lowest BCUT2D eigenvalue weighted by molar-refractivity contribution is 0.0468. The third-order valence-corrected chi connectivity index (χ3v) is 5.90. The summed E-state index contributed by atoms with van der Waals surface area (Å²) in [6.45, 7) is 7.04. The highest BCUT2D eigenvalue weighted by Crippen LogP contribution is 2.35. The first-order chi connectivity index (χ1) is 15.2. The average molecular weight is 455 g/mol. The second kappa shape index (κ2) is 8.08. The van der Waals surface area contributed by atoms with Gasteiger partial charge in [-0.25, -0.2) is 19.6 Å². The summed E-state index contributed by atoms with van der Waals surface area (Å²) < 4.78 is 16.0. The van der Waals surface area contributed by atoms with Gasteiger partial charge in [-0.1, -0.05) is 0 Å². The van der Waals surface area contributed by atoms with Crippen LogP contribution in [0.25, 0.3) is 21.3 Å².